The van der Waals surface area contributed by atoms with Gasteiger partial charge in [0.05, 0.1) is 6.20 Å². The highest BCUT2D eigenvalue weighted by Crippen LogP contribution is 2.15. The van der Waals surface area contributed by atoms with E-state index in [4.69, 9.17) is 4.74 Å². The normalized spacial score (nSPS) is 16.2. The molecule has 6 nitrogen and oxygen atoms in total. The Morgan fingerprint density at radius 2 is 2.14 bits per heavy atom. The van der Waals surface area contributed by atoms with Gasteiger partial charge in [0.2, 0.25) is 0 Å². The topological polar surface area (TPSA) is 59.4 Å². The molecule has 0 aromatic carbocycles. The molecule has 2 heterocycles. The molecule has 0 bridgehead atoms. The molecule has 0 aliphatic carbocycles. The Balaban J connectivity index is 1.69. The van der Waals surface area contributed by atoms with E-state index in [-0.39, 0.29) is 6.09 Å². The fourth-order valence-corrected chi connectivity index (χ4v) is 2.10. The van der Waals surface area contributed by atoms with Crippen LogP contribution in [0.5, 0.6) is 0 Å². The van der Waals surface area contributed by atoms with Crippen molar-refractivity contribution in [1.29, 1.82) is 0 Å². The number of ether oxygens (including phenoxy) is 1. The van der Waals surface area contributed by atoms with Gasteiger partial charge in [-0.15, -0.1) is 0 Å². The number of hydrogen-bond donors (Lipinski definition) is 1. The second-order valence-corrected chi connectivity index (χ2v) is 6.89. The first-order chi connectivity index (χ1) is 9.74. The molecule has 21 heavy (non-hydrogen) atoms. The Kier molecular flexibility index (Phi) is 4.56. The maximum absolute atomic E-state index is 11.8. The monoisotopic (exact) mass is 294 g/mol. The van der Waals surface area contributed by atoms with Crippen LogP contribution in [0.1, 0.15) is 46.2 Å². The van der Waals surface area contributed by atoms with Crippen LogP contribution in [0.15, 0.2) is 12.4 Å². The third kappa shape index (κ3) is 4.46. The first-order valence-corrected chi connectivity index (χ1v) is 7.49. The lowest BCUT2D eigenvalue weighted by Crippen LogP contribution is -2.60. The van der Waals surface area contributed by atoms with Crippen molar-refractivity contribution < 1.29 is 9.53 Å². The molecular formula is C15H26N4O2. The van der Waals surface area contributed by atoms with Crippen LogP contribution in [0.2, 0.25) is 0 Å². The number of likely N-dealkylation sites (tertiary alicyclic amines) is 1. The lowest BCUT2D eigenvalue weighted by molar-refractivity contribution is 0.00518. The quantitative estimate of drug-likeness (QED) is 0.924. The standard InChI is InChI=1S/C15H26N4O2/c1-11(2)19-8-12(7-17-19)6-16-13-9-18(10-13)14(20)21-15(3,4)5/h7-8,11,13,16H,6,9-10H2,1-5H3. The van der Waals surface area contributed by atoms with Gasteiger partial charge in [0.15, 0.2) is 0 Å². The Labute approximate surface area is 126 Å². The molecule has 1 fully saturated rings. The molecule has 0 unspecified atom stereocenters. The second kappa shape index (κ2) is 6.05. The summed E-state index contributed by atoms with van der Waals surface area (Å²) in [6.45, 7) is 12.0. The molecular weight excluding hydrogens is 268 g/mol. The van der Waals surface area contributed by atoms with Crippen LogP contribution in [-0.4, -0.2) is 45.5 Å². The van der Waals surface area contributed by atoms with E-state index in [9.17, 15) is 4.79 Å². The van der Waals surface area contributed by atoms with Gasteiger partial charge in [-0.3, -0.25) is 4.68 Å². The number of carbonyl (C=O) groups excluding carboxylic acids is 1. The van der Waals surface area contributed by atoms with Crippen LogP contribution >= 0.6 is 0 Å². The van der Waals surface area contributed by atoms with E-state index in [1.807, 2.05) is 31.6 Å². The summed E-state index contributed by atoms with van der Waals surface area (Å²) in [6, 6.07) is 0.713. The van der Waals surface area contributed by atoms with Crippen molar-refractivity contribution in [2.45, 2.75) is 58.8 Å². The average Bonchev–Trinajstić information content (AvgIpc) is 2.73. The van der Waals surface area contributed by atoms with E-state index in [1.54, 1.807) is 4.90 Å². The third-order valence-corrected chi connectivity index (χ3v) is 3.31. The number of rotatable bonds is 4. The van der Waals surface area contributed by atoms with Crippen molar-refractivity contribution in [2.75, 3.05) is 13.1 Å². The van der Waals surface area contributed by atoms with Crippen molar-refractivity contribution in [3.63, 3.8) is 0 Å². The Morgan fingerprint density at radius 1 is 1.48 bits per heavy atom. The van der Waals surface area contributed by atoms with Crippen LogP contribution in [-0.2, 0) is 11.3 Å². The SMILES string of the molecule is CC(C)n1cc(CNC2CN(C(=O)OC(C)(C)C)C2)cn1. The smallest absolute Gasteiger partial charge is 0.410 e. The molecule has 1 saturated heterocycles. The van der Waals surface area contributed by atoms with E-state index in [0.29, 0.717) is 25.2 Å². The van der Waals surface area contributed by atoms with E-state index in [2.05, 4.69) is 30.5 Å². The Morgan fingerprint density at radius 3 is 2.67 bits per heavy atom. The number of aromatic nitrogens is 2. The van der Waals surface area contributed by atoms with Gasteiger partial charge in [0, 0.05) is 43.5 Å². The van der Waals surface area contributed by atoms with Crippen molar-refractivity contribution in [3.8, 4) is 0 Å². The van der Waals surface area contributed by atoms with Crippen LogP contribution in [0.4, 0.5) is 4.79 Å². The molecule has 0 radical (unpaired) electrons. The van der Waals surface area contributed by atoms with Crippen molar-refractivity contribution >= 4 is 6.09 Å². The fraction of sp³-hybridized carbons (Fsp3) is 0.733. The molecule has 1 amide bonds. The molecule has 118 valence electrons. The zero-order valence-electron chi connectivity index (χ0n) is 13.6. The molecule has 0 spiro atoms. The summed E-state index contributed by atoms with van der Waals surface area (Å²) in [5, 5.41) is 7.75. The van der Waals surface area contributed by atoms with E-state index in [1.165, 1.54) is 5.56 Å². The van der Waals surface area contributed by atoms with Gasteiger partial charge in [-0.2, -0.15) is 5.10 Å². The average molecular weight is 294 g/mol. The Hall–Kier alpha value is -1.56. The first kappa shape index (κ1) is 15.8. The molecule has 1 N–H and O–H groups in total. The molecule has 1 aromatic heterocycles. The summed E-state index contributed by atoms with van der Waals surface area (Å²) in [7, 11) is 0. The summed E-state index contributed by atoms with van der Waals surface area (Å²) in [5.74, 6) is 0. The van der Waals surface area contributed by atoms with Gasteiger partial charge in [-0.05, 0) is 34.6 Å². The van der Waals surface area contributed by atoms with E-state index < -0.39 is 5.60 Å². The highest BCUT2D eigenvalue weighted by atomic mass is 16.6. The maximum Gasteiger partial charge on any atom is 0.410 e. The van der Waals surface area contributed by atoms with Gasteiger partial charge in [0.1, 0.15) is 5.60 Å². The summed E-state index contributed by atoms with van der Waals surface area (Å²) in [6.07, 6.45) is 3.72. The lowest BCUT2D eigenvalue weighted by atomic mass is 10.1. The zero-order chi connectivity index (χ0) is 15.6. The number of nitrogens with zero attached hydrogens (tertiary/aromatic N) is 3. The van der Waals surface area contributed by atoms with Crippen molar-refractivity contribution in [3.05, 3.63) is 18.0 Å². The van der Waals surface area contributed by atoms with Gasteiger partial charge in [-0.25, -0.2) is 4.79 Å². The van der Waals surface area contributed by atoms with Gasteiger partial charge >= 0.3 is 6.09 Å². The van der Waals surface area contributed by atoms with Crippen LogP contribution in [0.25, 0.3) is 0 Å². The highest BCUT2D eigenvalue weighted by Gasteiger charge is 2.33. The molecule has 1 aromatic rings. The highest BCUT2D eigenvalue weighted by molar-refractivity contribution is 5.69. The predicted molar refractivity (Wildman–Crippen MR) is 81.0 cm³/mol. The maximum atomic E-state index is 11.8. The number of hydrogen-bond acceptors (Lipinski definition) is 4. The van der Waals surface area contributed by atoms with Gasteiger partial charge < -0.3 is 15.0 Å². The van der Waals surface area contributed by atoms with Crippen LogP contribution in [0, 0.1) is 0 Å². The lowest BCUT2D eigenvalue weighted by Gasteiger charge is -2.40. The van der Waals surface area contributed by atoms with E-state index >= 15 is 0 Å². The summed E-state index contributed by atoms with van der Waals surface area (Å²) < 4.78 is 7.28. The number of nitrogens with one attached hydrogen (secondary N) is 1. The summed E-state index contributed by atoms with van der Waals surface area (Å²) in [5.41, 5.74) is 0.737. The largest absolute Gasteiger partial charge is 0.444 e. The zero-order valence-corrected chi connectivity index (χ0v) is 13.6. The molecule has 0 atom stereocenters. The van der Waals surface area contributed by atoms with Crippen molar-refractivity contribution in [2.24, 2.45) is 0 Å². The minimum absolute atomic E-state index is 0.229. The fourth-order valence-electron chi connectivity index (χ4n) is 2.10. The van der Waals surface area contributed by atoms with E-state index in [0.717, 1.165) is 6.54 Å². The van der Waals surface area contributed by atoms with Gasteiger partial charge in [-0.1, -0.05) is 0 Å². The molecule has 1 aliphatic rings. The van der Waals surface area contributed by atoms with Crippen LogP contribution < -0.4 is 5.32 Å². The minimum Gasteiger partial charge on any atom is -0.444 e. The second-order valence-electron chi connectivity index (χ2n) is 6.89. The van der Waals surface area contributed by atoms with Gasteiger partial charge in [0.25, 0.3) is 0 Å². The molecule has 0 saturated carbocycles. The molecule has 1 aliphatic heterocycles. The molecule has 2 rings (SSSR count). The number of amides is 1. The Bertz CT molecular complexity index is 484. The van der Waals surface area contributed by atoms with Crippen molar-refractivity contribution in [1.82, 2.24) is 20.0 Å². The first-order valence-electron chi connectivity index (χ1n) is 7.49. The molecule has 6 heteroatoms. The minimum atomic E-state index is -0.430. The van der Waals surface area contributed by atoms with Crippen LogP contribution in [0.3, 0.4) is 0 Å². The number of carbonyl (C=O) groups is 1. The summed E-state index contributed by atoms with van der Waals surface area (Å²) in [4.78, 5) is 13.5. The predicted octanol–water partition coefficient (Wildman–Crippen LogP) is 2.17. The summed E-state index contributed by atoms with van der Waals surface area (Å²) >= 11 is 0. The third-order valence-electron chi connectivity index (χ3n) is 3.31.